The Kier molecular flexibility index (Phi) is 6.75. The topological polar surface area (TPSA) is 106 Å². The van der Waals surface area contributed by atoms with Gasteiger partial charge in [-0.25, -0.2) is 9.97 Å². The fraction of sp³-hybridized carbons (Fsp3) is 0.393. The van der Waals surface area contributed by atoms with Crippen LogP contribution in [0.2, 0.25) is 0 Å². The zero-order chi connectivity index (χ0) is 27.0. The first kappa shape index (κ1) is 25.6. The van der Waals surface area contributed by atoms with E-state index in [4.69, 9.17) is 5.10 Å². The van der Waals surface area contributed by atoms with Crippen molar-refractivity contribution in [1.29, 1.82) is 0 Å². The molecular formula is C28H35N9O. The van der Waals surface area contributed by atoms with Gasteiger partial charge >= 0.3 is 0 Å². The van der Waals surface area contributed by atoms with E-state index in [0.717, 1.165) is 41.3 Å². The molecule has 0 saturated heterocycles. The molecule has 198 valence electrons. The van der Waals surface area contributed by atoms with Crippen LogP contribution in [0.4, 0.5) is 11.6 Å². The van der Waals surface area contributed by atoms with Crippen LogP contribution in [-0.4, -0.2) is 53.9 Å². The van der Waals surface area contributed by atoms with E-state index < -0.39 is 0 Å². The molecule has 0 spiro atoms. The number of anilines is 2. The average molecular weight is 514 g/mol. The molecule has 2 N–H and O–H groups in total. The van der Waals surface area contributed by atoms with Gasteiger partial charge in [0.15, 0.2) is 5.82 Å². The molecule has 10 heteroatoms. The van der Waals surface area contributed by atoms with Crippen molar-refractivity contribution in [1.82, 2.24) is 39.7 Å². The van der Waals surface area contributed by atoms with E-state index in [1.54, 1.807) is 23.4 Å². The minimum absolute atomic E-state index is 0.141. The highest BCUT2D eigenvalue weighted by atomic mass is 16.1. The van der Waals surface area contributed by atoms with Gasteiger partial charge in [-0.05, 0) is 58.9 Å². The second-order valence-corrected chi connectivity index (χ2v) is 10.9. The Morgan fingerprint density at radius 2 is 1.92 bits per heavy atom. The Hall–Kier alpha value is -4.05. The Labute approximate surface area is 223 Å². The Balaban J connectivity index is 1.26. The van der Waals surface area contributed by atoms with E-state index in [0.29, 0.717) is 24.0 Å². The molecule has 1 aromatic carbocycles. The van der Waals surface area contributed by atoms with E-state index in [2.05, 4.69) is 61.4 Å². The quantitative estimate of drug-likeness (QED) is 0.396. The van der Waals surface area contributed by atoms with Crippen LogP contribution in [0, 0.1) is 6.92 Å². The number of aromatic nitrogens is 6. The molecule has 3 aromatic heterocycles. The Morgan fingerprint density at radius 3 is 2.66 bits per heavy atom. The summed E-state index contributed by atoms with van der Waals surface area (Å²) in [5.41, 5.74) is 5.48. The van der Waals surface area contributed by atoms with Gasteiger partial charge in [0.1, 0.15) is 12.1 Å². The predicted octanol–water partition coefficient (Wildman–Crippen LogP) is 4.28. The molecule has 1 amide bonds. The minimum Gasteiger partial charge on any atom is -0.348 e. The first-order chi connectivity index (χ1) is 18.1. The standard InChI is InChI=1S/C28H35N9O/c1-18-11-20(7-8-21(18)14-29-27(38)22-15-32-37(16-22)28(3,4)5)23-12-25(31-17-30-23)33-26-13-24-19(2)35(6)9-10-36(24)34-26/h7-8,11-13,15-17,19H,9-10,14H2,1-6H3,(H,29,38)(H,30,31,33,34). The third-order valence-electron chi connectivity index (χ3n) is 7.10. The Bertz CT molecular complexity index is 1460. The number of rotatable bonds is 6. The number of carbonyl (C=O) groups excluding carboxylic acids is 1. The number of hydrogen-bond acceptors (Lipinski definition) is 7. The monoisotopic (exact) mass is 513 g/mol. The summed E-state index contributed by atoms with van der Waals surface area (Å²) in [5.74, 6) is 1.33. The molecule has 10 nitrogen and oxygen atoms in total. The largest absolute Gasteiger partial charge is 0.348 e. The van der Waals surface area contributed by atoms with Gasteiger partial charge in [0.05, 0.1) is 35.2 Å². The van der Waals surface area contributed by atoms with Crippen molar-refractivity contribution in [2.45, 2.75) is 59.3 Å². The second kappa shape index (κ2) is 10.0. The molecule has 0 saturated carbocycles. The SMILES string of the molecule is Cc1cc(-c2cc(Nc3cc4n(n3)CCN(C)C4C)ncn2)ccc1CNC(=O)c1cnn(C(C)(C)C)c1. The van der Waals surface area contributed by atoms with Crippen LogP contribution in [0.3, 0.4) is 0 Å². The van der Waals surface area contributed by atoms with Crippen LogP contribution in [-0.2, 0) is 18.6 Å². The Morgan fingerprint density at radius 1 is 1.11 bits per heavy atom. The predicted molar refractivity (Wildman–Crippen MR) is 147 cm³/mol. The highest BCUT2D eigenvalue weighted by Crippen LogP contribution is 2.28. The smallest absolute Gasteiger partial charge is 0.254 e. The summed E-state index contributed by atoms with van der Waals surface area (Å²) in [6.45, 7) is 12.7. The number of carbonyl (C=O) groups is 1. The lowest BCUT2D eigenvalue weighted by atomic mass is 10.0. The van der Waals surface area contributed by atoms with Crippen LogP contribution in [0.25, 0.3) is 11.3 Å². The fourth-order valence-electron chi connectivity index (χ4n) is 4.53. The molecule has 4 aromatic rings. The second-order valence-electron chi connectivity index (χ2n) is 10.9. The number of nitrogens with one attached hydrogen (secondary N) is 2. The summed E-state index contributed by atoms with van der Waals surface area (Å²) < 4.78 is 3.86. The summed E-state index contributed by atoms with van der Waals surface area (Å²) in [7, 11) is 2.13. The number of hydrogen-bond donors (Lipinski definition) is 2. The van der Waals surface area contributed by atoms with Gasteiger partial charge in [0.25, 0.3) is 5.91 Å². The van der Waals surface area contributed by atoms with E-state index in [1.165, 1.54) is 5.69 Å². The molecular weight excluding hydrogens is 478 g/mol. The van der Waals surface area contributed by atoms with E-state index in [9.17, 15) is 4.79 Å². The van der Waals surface area contributed by atoms with Gasteiger partial charge in [-0.2, -0.15) is 10.2 Å². The van der Waals surface area contributed by atoms with E-state index in [1.807, 2.05) is 45.9 Å². The summed E-state index contributed by atoms with van der Waals surface area (Å²) in [5, 5.41) is 15.4. The van der Waals surface area contributed by atoms with Crippen LogP contribution >= 0.6 is 0 Å². The fourth-order valence-corrected chi connectivity index (χ4v) is 4.53. The van der Waals surface area contributed by atoms with Gasteiger partial charge < -0.3 is 10.6 Å². The maximum Gasteiger partial charge on any atom is 0.254 e. The van der Waals surface area contributed by atoms with Crippen molar-refractivity contribution >= 4 is 17.5 Å². The average Bonchev–Trinajstić information content (AvgIpc) is 3.54. The highest BCUT2D eigenvalue weighted by molar-refractivity contribution is 5.93. The summed E-state index contributed by atoms with van der Waals surface area (Å²) in [6.07, 6.45) is 4.95. The molecule has 1 atom stereocenters. The van der Waals surface area contributed by atoms with Gasteiger partial charge in [0.2, 0.25) is 0 Å². The minimum atomic E-state index is -0.172. The molecule has 38 heavy (non-hydrogen) atoms. The first-order valence-electron chi connectivity index (χ1n) is 12.9. The molecule has 1 aliphatic rings. The molecule has 4 heterocycles. The lowest BCUT2D eigenvalue weighted by molar-refractivity contribution is 0.0950. The maximum atomic E-state index is 12.6. The van der Waals surface area contributed by atoms with Gasteiger partial charge in [-0.3, -0.25) is 19.1 Å². The lowest BCUT2D eigenvalue weighted by Crippen LogP contribution is -2.33. The number of fused-ring (bicyclic) bond motifs is 1. The number of benzene rings is 1. The molecule has 1 unspecified atom stereocenters. The van der Waals surface area contributed by atoms with Crippen LogP contribution in [0.15, 0.2) is 49.1 Å². The van der Waals surface area contributed by atoms with Crippen molar-refractivity contribution in [2.24, 2.45) is 0 Å². The highest BCUT2D eigenvalue weighted by Gasteiger charge is 2.23. The molecule has 0 radical (unpaired) electrons. The summed E-state index contributed by atoms with van der Waals surface area (Å²) in [6, 6.07) is 10.5. The number of amides is 1. The number of nitrogens with zero attached hydrogens (tertiary/aromatic N) is 7. The van der Waals surface area contributed by atoms with Crippen LogP contribution < -0.4 is 10.6 Å². The third-order valence-corrected chi connectivity index (χ3v) is 7.10. The van der Waals surface area contributed by atoms with Gasteiger partial charge in [-0.15, -0.1) is 0 Å². The van der Waals surface area contributed by atoms with Crippen LogP contribution in [0.1, 0.15) is 60.9 Å². The number of aryl methyl sites for hydroxylation is 1. The summed E-state index contributed by atoms with van der Waals surface area (Å²) >= 11 is 0. The van der Waals surface area contributed by atoms with E-state index >= 15 is 0 Å². The summed E-state index contributed by atoms with van der Waals surface area (Å²) in [4.78, 5) is 23.8. The van der Waals surface area contributed by atoms with Crippen LogP contribution in [0.5, 0.6) is 0 Å². The van der Waals surface area contributed by atoms with Crippen molar-refractivity contribution in [2.75, 3.05) is 18.9 Å². The third kappa shape index (κ3) is 5.31. The first-order valence-corrected chi connectivity index (χ1v) is 12.9. The lowest BCUT2D eigenvalue weighted by Gasteiger charge is -2.30. The molecule has 5 rings (SSSR count). The zero-order valence-corrected chi connectivity index (χ0v) is 22.9. The molecule has 0 fully saturated rings. The zero-order valence-electron chi connectivity index (χ0n) is 22.9. The molecule has 0 bridgehead atoms. The van der Waals surface area contributed by atoms with Crippen molar-refractivity contribution in [3.63, 3.8) is 0 Å². The molecule has 0 aliphatic carbocycles. The normalized spacial score (nSPS) is 15.8. The van der Waals surface area contributed by atoms with Gasteiger partial charge in [-0.1, -0.05) is 12.1 Å². The van der Waals surface area contributed by atoms with Crippen molar-refractivity contribution in [3.05, 3.63) is 71.4 Å². The maximum absolute atomic E-state index is 12.6. The van der Waals surface area contributed by atoms with E-state index in [-0.39, 0.29) is 11.4 Å². The van der Waals surface area contributed by atoms with Crippen molar-refractivity contribution < 1.29 is 4.79 Å². The van der Waals surface area contributed by atoms with Gasteiger partial charge in [0, 0.05) is 43.0 Å². The molecule has 1 aliphatic heterocycles. The van der Waals surface area contributed by atoms with Crippen molar-refractivity contribution in [3.8, 4) is 11.3 Å². The number of likely N-dealkylation sites (N-methyl/N-ethyl adjacent to an activating group) is 1.